The lowest BCUT2D eigenvalue weighted by atomic mass is 10.1. The van der Waals surface area contributed by atoms with E-state index in [2.05, 4.69) is 0 Å². The first-order valence-corrected chi connectivity index (χ1v) is 5.72. The van der Waals surface area contributed by atoms with E-state index in [4.69, 9.17) is 4.74 Å². The largest absolute Gasteiger partial charge is 0.491 e. The van der Waals surface area contributed by atoms with Crippen LogP contribution in [0, 0.1) is 5.82 Å². The number of aliphatic hydroxyl groups excluding tert-OH is 1. The van der Waals surface area contributed by atoms with Crippen LogP contribution >= 0.6 is 0 Å². The summed E-state index contributed by atoms with van der Waals surface area (Å²) < 4.78 is 17.9. The highest BCUT2D eigenvalue weighted by Gasteiger charge is 2.05. The number of ether oxygens (including phenoxy) is 1. The maximum absolute atomic E-state index is 12.6. The first-order chi connectivity index (χ1) is 8.22. The van der Waals surface area contributed by atoms with Gasteiger partial charge in [-0.3, -0.25) is 0 Å². The number of benzene rings is 1. The topological polar surface area (TPSA) is 46.5 Å². The number of aldehydes is 1. The van der Waals surface area contributed by atoms with Gasteiger partial charge in [-0.2, -0.15) is 0 Å². The number of halogens is 1. The van der Waals surface area contributed by atoms with Crippen molar-refractivity contribution in [3.8, 4) is 5.75 Å². The lowest BCUT2D eigenvalue weighted by Gasteiger charge is -2.11. The van der Waals surface area contributed by atoms with Crippen molar-refractivity contribution < 1.29 is 19.0 Å². The molecule has 0 saturated heterocycles. The number of aliphatic hydroxyl groups is 1. The monoisotopic (exact) mass is 240 g/mol. The third-order valence-electron chi connectivity index (χ3n) is 2.37. The molecule has 0 aliphatic heterocycles. The van der Waals surface area contributed by atoms with Gasteiger partial charge in [0.15, 0.2) is 0 Å². The van der Waals surface area contributed by atoms with Crippen molar-refractivity contribution in [1.82, 2.24) is 0 Å². The Morgan fingerprint density at radius 1 is 1.29 bits per heavy atom. The molecule has 0 fully saturated rings. The highest BCUT2D eigenvalue weighted by atomic mass is 19.1. The molecule has 3 nitrogen and oxygen atoms in total. The normalized spacial score (nSPS) is 12.1. The Bertz CT molecular complexity index is 324. The highest BCUT2D eigenvalue weighted by molar-refractivity contribution is 5.48. The number of hydrogen-bond donors (Lipinski definition) is 1. The quantitative estimate of drug-likeness (QED) is 0.560. The maximum Gasteiger partial charge on any atom is 0.123 e. The smallest absolute Gasteiger partial charge is 0.123 e. The van der Waals surface area contributed by atoms with E-state index in [0.717, 1.165) is 19.1 Å². The Kier molecular flexibility index (Phi) is 6.25. The predicted octanol–water partition coefficient (Wildman–Crippen LogP) is 2.32. The number of carbonyl (C=O) groups is 1. The molecule has 0 aliphatic rings. The van der Waals surface area contributed by atoms with Gasteiger partial charge in [-0.15, -0.1) is 0 Å². The summed E-state index contributed by atoms with van der Waals surface area (Å²) in [6.07, 6.45) is 3.05. The molecule has 1 aromatic carbocycles. The van der Waals surface area contributed by atoms with E-state index < -0.39 is 6.10 Å². The van der Waals surface area contributed by atoms with E-state index in [9.17, 15) is 14.3 Å². The minimum absolute atomic E-state index is 0.187. The second kappa shape index (κ2) is 7.79. The zero-order chi connectivity index (χ0) is 12.5. The Balaban J connectivity index is 2.16. The first kappa shape index (κ1) is 13.6. The zero-order valence-corrected chi connectivity index (χ0v) is 9.64. The zero-order valence-electron chi connectivity index (χ0n) is 9.64. The van der Waals surface area contributed by atoms with Crippen molar-refractivity contribution in [1.29, 1.82) is 0 Å². The molecular weight excluding hydrogens is 223 g/mol. The molecule has 1 aromatic rings. The van der Waals surface area contributed by atoms with Gasteiger partial charge in [-0.05, 0) is 37.1 Å². The third-order valence-corrected chi connectivity index (χ3v) is 2.37. The van der Waals surface area contributed by atoms with Gasteiger partial charge in [0.1, 0.15) is 24.5 Å². The first-order valence-electron chi connectivity index (χ1n) is 5.72. The molecular formula is C13H17FO3. The summed E-state index contributed by atoms with van der Waals surface area (Å²) >= 11 is 0. The van der Waals surface area contributed by atoms with Crippen LogP contribution in [0.4, 0.5) is 4.39 Å². The van der Waals surface area contributed by atoms with Crippen LogP contribution in [-0.2, 0) is 4.79 Å². The Morgan fingerprint density at radius 2 is 2.00 bits per heavy atom. The summed E-state index contributed by atoms with van der Waals surface area (Å²) in [5.74, 6) is 0.227. The lowest BCUT2D eigenvalue weighted by Crippen LogP contribution is -2.17. The molecule has 1 rings (SSSR count). The predicted molar refractivity (Wildman–Crippen MR) is 62.4 cm³/mol. The van der Waals surface area contributed by atoms with Gasteiger partial charge in [0.05, 0.1) is 6.10 Å². The Labute approximate surface area is 100 Å². The average Bonchev–Trinajstić information content (AvgIpc) is 2.34. The van der Waals surface area contributed by atoms with Gasteiger partial charge in [-0.25, -0.2) is 4.39 Å². The summed E-state index contributed by atoms with van der Waals surface area (Å²) in [6.45, 7) is 0.187. The van der Waals surface area contributed by atoms with E-state index >= 15 is 0 Å². The molecule has 17 heavy (non-hydrogen) atoms. The fraction of sp³-hybridized carbons (Fsp3) is 0.462. The summed E-state index contributed by atoms with van der Waals surface area (Å²) in [4.78, 5) is 10.1. The fourth-order valence-corrected chi connectivity index (χ4v) is 1.41. The summed E-state index contributed by atoms with van der Waals surface area (Å²) in [5, 5.41) is 9.58. The van der Waals surface area contributed by atoms with Gasteiger partial charge in [0.25, 0.3) is 0 Å². The molecule has 1 unspecified atom stereocenters. The number of unbranched alkanes of at least 4 members (excludes halogenated alkanes) is 2. The van der Waals surface area contributed by atoms with Gasteiger partial charge < -0.3 is 14.6 Å². The van der Waals surface area contributed by atoms with E-state index in [1.54, 1.807) is 0 Å². The van der Waals surface area contributed by atoms with Crippen molar-refractivity contribution >= 4 is 6.29 Å². The second-order valence-corrected chi connectivity index (χ2v) is 3.87. The molecule has 0 saturated carbocycles. The molecule has 0 amide bonds. The molecule has 0 heterocycles. The van der Waals surface area contributed by atoms with Crippen LogP contribution in [0.3, 0.4) is 0 Å². The molecule has 0 radical (unpaired) electrons. The third kappa shape index (κ3) is 6.02. The van der Waals surface area contributed by atoms with Gasteiger partial charge >= 0.3 is 0 Å². The van der Waals surface area contributed by atoms with Crippen molar-refractivity contribution in [2.75, 3.05) is 6.61 Å². The Morgan fingerprint density at radius 3 is 2.65 bits per heavy atom. The number of carbonyl (C=O) groups excluding carboxylic acids is 1. The molecule has 94 valence electrons. The molecule has 0 bridgehead atoms. The SMILES string of the molecule is O=CCCCCC(O)COc1ccc(F)cc1. The van der Waals surface area contributed by atoms with Crippen LogP contribution < -0.4 is 4.74 Å². The highest BCUT2D eigenvalue weighted by Crippen LogP contribution is 2.12. The van der Waals surface area contributed by atoms with Crippen LogP contribution in [0.15, 0.2) is 24.3 Å². The standard InChI is InChI=1S/C13H17FO3/c14-11-5-7-13(8-6-11)17-10-12(16)4-2-1-3-9-15/h5-9,12,16H,1-4,10H2. The van der Waals surface area contributed by atoms with E-state index in [0.29, 0.717) is 18.6 Å². The maximum atomic E-state index is 12.6. The molecule has 1 N–H and O–H groups in total. The molecule has 1 atom stereocenters. The molecule has 0 aliphatic carbocycles. The summed E-state index contributed by atoms with van der Waals surface area (Å²) in [7, 11) is 0. The molecule has 0 aromatic heterocycles. The molecule has 4 heteroatoms. The minimum atomic E-state index is -0.549. The Hall–Kier alpha value is -1.42. The van der Waals surface area contributed by atoms with Crippen LogP contribution in [0.25, 0.3) is 0 Å². The van der Waals surface area contributed by atoms with Crippen molar-refractivity contribution in [3.05, 3.63) is 30.1 Å². The minimum Gasteiger partial charge on any atom is -0.491 e. The van der Waals surface area contributed by atoms with E-state index in [1.165, 1.54) is 24.3 Å². The van der Waals surface area contributed by atoms with Crippen molar-refractivity contribution in [3.63, 3.8) is 0 Å². The second-order valence-electron chi connectivity index (χ2n) is 3.87. The van der Waals surface area contributed by atoms with Crippen LogP contribution in [-0.4, -0.2) is 24.1 Å². The number of hydrogen-bond acceptors (Lipinski definition) is 3. The lowest BCUT2D eigenvalue weighted by molar-refractivity contribution is -0.108. The van der Waals surface area contributed by atoms with Gasteiger partial charge in [-0.1, -0.05) is 6.42 Å². The van der Waals surface area contributed by atoms with Crippen LogP contribution in [0.2, 0.25) is 0 Å². The number of rotatable bonds is 8. The molecule has 0 spiro atoms. The van der Waals surface area contributed by atoms with Crippen molar-refractivity contribution in [2.45, 2.75) is 31.8 Å². The van der Waals surface area contributed by atoms with Crippen molar-refractivity contribution in [2.24, 2.45) is 0 Å². The van der Waals surface area contributed by atoms with Gasteiger partial charge in [0, 0.05) is 6.42 Å². The van der Waals surface area contributed by atoms with E-state index in [1.807, 2.05) is 0 Å². The average molecular weight is 240 g/mol. The van der Waals surface area contributed by atoms with Crippen LogP contribution in [0.1, 0.15) is 25.7 Å². The summed E-state index contributed by atoms with van der Waals surface area (Å²) in [6, 6.07) is 5.67. The van der Waals surface area contributed by atoms with Gasteiger partial charge in [0.2, 0.25) is 0 Å². The summed E-state index contributed by atoms with van der Waals surface area (Å²) in [5.41, 5.74) is 0. The fourth-order valence-electron chi connectivity index (χ4n) is 1.41. The van der Waals surface area contributed by atoms with E-state index in [-0.39, 0.29) is 12.4 Å². The van der Waals surface area contributed by atoms with Crippen LogP contribution in [0.5, 0.6) is 5.75 Å².